The van der Waals surface area contributed by atoms with E-state index in [1.165, 1.54) is 38.4 Å². The smallest absolute Gasteiger partial charge is 0.127 e. The zero-order valence-corrected chi connectivity index (χ0v) is 12.3. The summed E-state index contributed by atoms with van der Waals surface area (Å²) in [6.07, 6.45) is 10.4. The van der Waals surface area contributed by atoms with Gasteiger partial charge in [-0.05, 0) is 50.9 Å². The Kier molecular flexibility index (Phi) is 5.40. The molecule has 2 fully saturated rings. The summed E-state index contributed by atoms with van der Waals surface area (Å²) >= 11 is 0. The maximum absolute atomic E-state index is 11.7. The lowest BCUT2D eigenvalue weighted by Gasteiger charge is -2.44. The summed E-state index contributed by atoms with van der Waals surface area (Å²) in [5.74, 6) is 0.780. The van der Waals surface area contributed by atoms with E-state index in [1.807, 2.05) is 0 Å². The summed E-state index contributed by atoms with van der Waals surface area (Å²) in [5.41, 5.74) is -0.0996. The standard InChI is InChI=1S/C16H29NO2/c1-14-6-8-16(13-19,9-7-14)12-17(10-3-11-18)15-4-2-5-15/h13-15,18H,2-12H2,1H3. The molecule has 0 spiro atoms. The van der Waals surface area contributed by atoms with Crippen molar-refractivity contribution in [3.05, 3.63) is 0 Å². The number of hydrogen-bond acceptors (Lipinski definition) is 3. The number of aldehydes is 1. The average Bonchev–Trinajstić information content (AvgIpc) is 2.37. The Balaban J connectivity index is 1.94. The van der Waals surface area contributed by atoms with Gasteiger partial charge in [-0.3, -0.25) is 4.90 Å². The summed E-state index contributed by atoms with van der Waals surface area (Å²) in [4.78, 5) is 14.1. The van der Waals surface area contributed by atoms with Gasteiger partial charge in [0.25, 0.3) is 0 Å². The van der Waals surface area contributed by atoms with Crippen LogP contribution >= 0.6 is 0 Å². The fraction of sp³-hybridized carbons (Fsp3) is 0.938. The molecule has 19 heavy (non-hydrogen) atoms. The van der Waals surface area contributed by atoms with Gasteiger partial charge in [0.2, 0.25) is 0 Å². The van der Waals surface area contributed by atoms with E-state index >= 15 is 0 Å². The Hall–Kier alpha value is -0.410. The van der Waals surface area contributed by atoms with E-state index in [1.54, 1.807) is 0 Å². The molecule has 0 saturated heterocycles. The predicted molar refractivity (Wildman–Crippen MR) is 77.0 cm³/mol. The third-order valence-electron chi connectivity index (χ3n) is 5.23. The van der Waals surface area contributed by atoms with Gasteiger partial charge < -0.3 is 9.90 Å². The molecule has 3 heteroatoms. The molecule has 0 atom stereocenters. The maximum atomic E-state index is 11.7. The van der Waals surface area contributed by atoms with Crippen LogP contribution in [0.3, 0.4) is 0 Å². The SMILES string of the molecule is CC1CCC(C=O)(CN(CCCO)C2CCC2)CC1. The fourth-order valence-corrected chi connectivity index (χ4v) is 3.47. The highest BCUT2D eigenvalue weighted by atomic mass is 16.3. The fourth-order valence-electron chi connectivity index (χ4n) is 3.47. The first-order chi connectivity index (χ1) is 9.19. The van der Waals surface area contributed by atoms with Crippen molar-refractivity contribution in [1.29, 1.82) is 0 Å². The highest BCUT2D eigenvalue weighted by molar-refractivity contribution is 5.60. The third-order valence-corrected chi connectivity index (χ3v) is 5.23. The van der Waals surface area contributed by atoms with Gasteiger partial charge in [-0.15, -0.1) is 0 Å². The van der Waals surface area contributed by atoms with Crippen LogP contribution in [-0.2, 0) is 4.79 Å². The van der Waals surface area contributed by atoms with Crippen molar-refractivity contribution >= 4 is 6.29 Å². The number of carbonyl (C=O) groups excluding carboxylic acids is 1. The normalized spacial score (nSPS) is 32.3. The molecule has 3 nitrogen and oxygen atoms in total. The molecule has 0 aromatic heterocycles. The molecule has 2 rings (SSSR count). The molecule has 0 aromatic carbocycles. The minimum absolute atomic E-state index is 0.0996. The maximum Gasteiger partial charge on any atom is 0.127 e. The van der Waals surface area contributed by atoms with Crippen LogP contribution in [0.4, 0.5) is 0 Å². The minimum Gasteiger partial charge on any atom is -0.396 e. The molecular weight excluding hydrogens is 238 g/mol. The molecular formula is C16H29NO2. The van der Waals surface area contributed by atoms with Crippen LogP contribution < -0.4 is 0 Å². The van der Waals surface area contributed by atoms with Crippen LogP contribution in [0.15, 0.2) is 0 Å². The molecule has 0 bridgehead atoms. The second-order valence-electron chi connectivity index (χ2n) is 6.80. The van der Waals surface area contributed by atoms with Crippen LogP contribution in [-0.4, -0.2) is 42.0 Å². The van der Waals surface area contributed by atoms with Crippen molar-refractivity contribution in [2.45, 2.75) is 64.3 Å². The molecule has 0 amide bonds. The van der Waals surface area contributed by atoms with Gasteiger partial charge in [0.15, 0.2) is 0 Å². The Morgan fingerprint density at radius 2 is 1.95 bits per heavy atom. The monoisotopic (exact) mass is 267 g/mol. The first-order valence-electron chi connectivity index (χ1n) is 8.00. The van der Waals surface area contributed by atoms with E-state index in [-0.39, 0.29) is 12.0 Å². The van der Waals surface area contributed by atoms with Crippen molar-refractivity contribution in [1.82, 2.24) is 4.90 Å². The summed E-state index contributed by atoms with van der Waals surface area (Å²) in [6, 6.07) is 0.669. The van der Waals surface area contributed by atoms with Gasteiger partial charge in [-0.1, -0.05) is 13.3 Å². The second-order valence-corrected chi connectivity index (χ2v) is 6.80. The van der Waals surface area contributed by atoms with E-state index in [0.717, 1.165) is 38.3 Å². The van der Waals surface area contributed by atoms with E-state index in [9.17, 15) is 4.79 Å². The minimum atomic E-state index is -0.0996. The molecule has 0 aliphatic heterocycles. The molecule has 2 aliphatic rings. The molecule has 1 N–H and O–H groups in total. The topological polar surface area (TPSA) is 40.5 Å². The molecule has 2 aliphatic carbocycles. The molecule has 0 radical (unpaired) electrons. The third kappa shape index (κ3) is 3.79. The summed E-state index contributed by atoms with van der Waals surface area (Å²) in [6.45, 7) is 4.43. The largest absolute Gasteiger partial charge is 0.396 e. The molecule has 2 saturated carbocycles. The number of rotatable bonds is 7. The second kappa shape index (κ2) is 6.85. The van der Waals surface area contributed by atoms with E-state index in [4.69, 9.17) is 5.11 Å². The predicted octanol–water partition coefficient (Wildman–Crippen LogP) is 2.62. The molecule has 0 heterocycles. The van der Waals surface area contributed by atoms with Crippen molar-refractivity contribution < 1.29 is 9.90 Å². The number of aliphatic hydroxyl groups excluding tert-OH is 1. The van der Waals surface area contributed by atoms with Crippen LogP contribution in [0.5, 0.6) is 0 Å². The summed E-state index contributed by atoms with van der Waals surface area (Å²) < 4.78 is 0. The number of nitrogens with zero attached hydrogens (tertiary/aromatic N) is 1. The number of aliphatic hydroxyl groups is 1. The van der Waals surface area contributed by atoms with Gasteiger partial charge in [0.1, 0.15) is 6.29 Å². The van der Waals surface area contributed by atoms with E-state index in [0.29, 0.717) is 6.04 Å². The number of carbonyl (C=O) groups is 1. The van der Waals surface area contributed by atoms with Crippen molar-refractivity contribution in [2.24, 2.45) is 11.3 Å². The van der Waals surface area contributed by atoms with Gasteiger partial charge >= 0.3 is 0 Å². The quantitative estimate of drug-likeness (QED) is 0.721. The Labute approximate surface area is 117 Å². The summed E-state index contributed by atoms with van der Waals surface area (Å²) in [7, 11) is 0. The van der Waals surface area contributed by atoms with Gasteiger partial charge in [0, 0.05) is 31.2 Å². The van der Waals surface area contributed by atoms with E-state index in [2.05, 4.69) is 11.8 Å². The van der Waals surface area contributed by atoms with Crippen LogP contribution in [0.2, 0.25) is 0 Å². The highest BCUT2D eigenvalue weighted by Gasteiger charge is 2.38. The van der Waals surface area contributed by atoms with Crippen LogP contribution in [0.1, 0.15) is 58.3 Å². The lowest BCUT2D eigenvalue weighted by atomic mass is 9.71. The van der Waals surface area contributed by atoms with Crippen LogP contribution in [0, 0.1) is 11.3 Å². The lowest BCUT2D eigenvalue weighted by Crippen LogP contribution is -2.48. The zero-order valence-electron chi connectivity index (χ0n) is 12.3. The van der Waals surface area contributed by atoms with Crippen molar-refractivity contribution in [3.8, 4) is 0 Å². The summed E-state index contributed by atoms with van der Waals surface area (Å²) in [5, 5.41) is 9.05. The van der Waals surface area contributed by atoms with E-state index < -0.39 is 0 Å². The van der Waals surface area contributed by atoms with Gasteiger partial charge in [-0.25, -0.2) is 0 Å². The first-order valence-corrected chi connectivity index (χ1v) is 8.00. The number of hydrogen-bond donors (Lipinski definition) is 1. The lowest BCUT2D eigenvalue weighted by molar-refractivity contribution is -0.120. The highest BCUT2D eigenvalue weighted by Crippen LogP contribution is 2.39. The Morgan fingerprint density at radius 1 is 1.26 bits per heavy atom. The molecule has 110 valence electrons. The Morgan fingerprint density at radius 3 is 2.42 bits per heavy atom. The van der Waals surface area contributed by atoms with Crippen molar-refractivity contribution in [3.63, 3.8) is 0 Å². The van der Waals surface area contributed by atoms with Gasteiger partial charge in [0.05, 0.1) is 0 Å². The molecule has 0 aromatic rings. The van der Waals surface area contributed by atoms with Crippen LogP contribution in [0.25, 0.3) is 0 Å². The molecule has 0 unspecified atom stereocenters. The Bertz CT molecular complexity index is 280. The van der Waals surface area contributed by atoms with Gasteiger partial charge in [-0.2, -0.15) is 0 Å². The average molecular weight is 267 g/mol. The first kappa shape index (κ1) is 15.0. The van der Waals surface area contributed by atoms with Crippen molar-refractivity contribution in [2.75, 3.05) is 19.7 Å². The zero-order chi connectivity index (χ0) is 13.7.